The van der Waals surface area contributed by atoms with Crippen LogP contribution in [0.2, 0.25) is 0 Å². The molecule has 0 radical (unpaired) electrons. The Hall–Kier alpha value is -1.63. The molecule has 4 N–H and O–H groups in total. The van der Waals surface area contributed by atoms with Crippen molar-refractivity contribution < 1.29 is 14.4 Å². The van der Waals surface area contributed by atoms with Crippen molar-refractivity contribution in [3.8, 4) is 0 Å². The summed E-state index contributed by atoms with van der Waals surface area (Å²) in [5, 5.41) is 5.90. The van der Waals surface area contributed by atoms with Crippen molar-refractivity contribution in [2.45, 2.75) is 78.9 Å². The Bertz CT molecular complexity index is 492. The zero-order valence-corrected chi connectivity index (χ0v) is 18.3. The van der Waals surface area contributed by atoms with Crippen LogP contribution in [0.25, 0.3) is 0 Å². The Morgan fingerprint density at radius 2 is 1.30 bits per heavy atom. The molecule has 7 nitrogen and oxygen atoms in total. The van der Waals surface area contributed by atoms with Crippen LogP contribution in [-0.2, 0) is 14.4 Å². The smallest absolute Gasteiger partial charge is 0.245 e. The fraction of sp³-hybridized carbons (Fsp3) is 0.850. The number of rotatable bonds is 12. The molecule has 3 amide bonds. The summed E-state index contributed by atoms with van der Waals surface area (Å²) in [7, 11) is 3.33. The van der Waals surface area contributed by atoms with Gasteiger partial charge in [0.15, 0.2) is 0 Å². The van der Waals surface area contributed by atoms with Crippen molar-refractivity contribution in [1.82, 2.24) is 15.5 Å². The van der Waals surface area contributed by atoms with Gasteiger partial charge in [-0.2, -0.15) is 0 Å². The van der Waals surface area contributed by atoms with E-state index in [9.17, 15) is 14.4 Å². The molecule has 158 valence electrons. The van der Waals surface area contributed by atoms with Crippen LogP contribution in [0.5, 0.6) is 0 Å². The number of nitrogens with one attached hydrogen (secondary N) is 2. The second kappa shape index (κ2) is 12.0. The third kappa shape index (κ3) is 9.22. The Morgan fingerprint density at radius 3 is 1.67 bits per heavy atom. The van der Waals surface area contributed by atoms with Gasteiger partial charge in [0.05, 0.1) is 6.04 Å². The monoisotopic (exact) mass is 384 g/mol. The van der Waals surface area contributed by atoms with Gasteiger partial charge < -0.3 is 21.3 Å². The van der Waals surface area contributed by atoms with Crippen LogP contribution in [0.1, 0.15) is 60.8 Å². The summed E-state index contributed by atoms with van der Waals surface area (Å²) >= 11 is 0. The molecule has 0 aliphatic heterocycles. The number of nitrogens with zero attached hydrogens (tertiary/aromatic N) is 1. The molecule has 0 heterocycles. The number of carbonyl (C=O) groups excluding carboxylic acids is 3. The van der Waals surface area contributed by atoms with Crippen molar-refractivity contribution in [2.24, 2.45) is 23.5 Å². The first kappa shape index (κ1) is 25.4. The summed E-state index contributed by atoms with van der Waals surface area (Å²) in [5.41, 5.74) is 5.52. The van der Waals surface area contributed by atoms with Gasteiger partial charge in [-0.05, 0) is 44.1 Å². The summed E-state index contributed by atoms with van der Waals surface area (Å²) < 4.78 is 0. The highest BCUT2D eigenvalue weighted by atomic mass is 16.2. The molecule has 0 aromatic heterocycles. The quantitative estimate of drug-likeness (QED) is 0.474. The van der Waals surface area contributed by atoms with E-state index >= 15 is 0 Å². The van der Waals surface area contributed by atoms with Crippen LogP contribution in [0, 0.1) is 17.8 Å². The van der Waals surface area contributed by atoms with Crippen LogP contribution in [-0.4, -0.2) is 54.8 Å². The predicted molar refractivity (Wildman–Crippen MR) is 109 cm³/mol. The molecule has 7 heteroatoms. The summed E-state index contributed by atoms with van der Waals surface area (Å²) in [6.45, 7) is 12.0. The molecule has 0 rings (SSSR count). The van der Waals surface area contributed by atoms with Crippen molar-refractivity contribution in [3.05, 3.63) is 0 Å². The van der Waals surface area contributed by atoms with Gasteiger partial charge in [0.2, 0.25) is 17.7 Å². The normalized spacial score (nSPS) is 14.9. The molecule has 0 aromatic carbocycles. The first-order valence-electron chi connectivity index (χ1n) is 9.94. The van der Waals surface area contributed by atoms with E-state index < -0.39 is 18.0 Å². The van der Waals surface area contributed by atoms with Crippen LogP contribution in [0.3, 0.4) is 0 Å². The fourth-order valence-corrected chi connectivity index (χ4v) is 3.10. The lowest BCUT2D eigenvalue weighted by molar-refractivity contribution is -0.142. The van der Waals surface area contributed by atoms with Crippen LogP contribution in [0.15, 0.2) is 0 Å². The maximum Gasteiger partial charge on any atom is 0.245 e. The average Bonchev–Trinajstić information content (AvgIpc) is 2.54. The Labute approximate surface area is 164 Å². The molecule has 27 heavy (non-hydrogen) atoms. The zero-order valence-electron chi connectivity index (χ0n) is 18.3. The molecule has 0 bridgehead atoms. The topological polar surface area (TPSA) is 105 Å². The molecule has 0 aliphatic carbocycles. The largest absolute Gasteiger partial charge is 0.368 e. The van der Waals surface area contributed by atoms with E-state index in [2.05, 4.69) is 10.6 Å². The Kier molecular flexibility index (Phi) is 11.2. The molecule has 0 aromatic rings. The average molecular weight is 385 g/mol. The summed E-state index contributed by atoms with van der Waals surface area (Å²) in [5.74, 6) is -0.222. The SMILES string of the molecule is CN[C@@H](CC(C)C)C(=O)N[C@@H](CC(C)C)C(=O)N(C)[C@@H](CC(C)C)C(N)=O. The summed E-state index contributed by atoms with van der Waals surface area (Å²) in [4.78, 5) is 39.0. The highest BCUT2D eigenvalue weighted by molar-refractivity contribution is 5.92. The van der Waals surface area contributed by atoms with E-state index in [0.29, 0.717) is 25.2 Å². The number of primary amides is 1. The van der Waals surface area contributed by atoms with Gasteiger partial charge in [0.1, 0.15) is 12.1 Å². The Balaban J connectivity index is 5.38. The predicted octanol–water partition coefficient (Wildman–Crippen LogP) is 1.51. The second-order valence-electron chi connectivity index (χ2n) is 8.66. The lowest BCUT2D eigenvalue weighted by atomic mass is 9.98. The fourth-order valence-electron chi connectivity index (χ4n) is 3.10. The van der Waals surface area contributed by atoms with Gasteiger partial charge in [0, 0.05) is 7.05 Å². The summed E-state index contributed by atoms with van der Waals surface area (Å²) in [6.07, 6.45) is 1.67. The highest BCUT2D eigenvalue weighted by Gasteiger charge is 2.33. The molecule has 0 saturated carbocycles. The minimum atomic E-state index is -0.681. The van der Waals surface area contributed by atoms with Gasteiger partial charge in [-0.1, -0.05) is 41.5 Å². The van der Waals surface area contributed by atoms with Gasteiger partial charge in [0.25, 0.3) is 0 Å². The summed E-state index contributed by atoms with van der Waals surface area (Å²) in [6, 6.07) is -1.72. The number of hydrogen-bond acceptors (Lipinski definition) is 4. The van der Waals surface area contributed by atoms with Gasteiger partial charge in [-0.25, -0.2) is 0 Å². The van der Waals surface area contributed by atoms with Crippen molar-refractivity contribution in [3.63, 3.8) is 0 Å². The molecule has 0 fully saturated rings. The number of hydrogen-bond donors (Lipinski definition) is 3. The third-order valence-electron chi connectivity index (χ3n) is 4.53. The van der Waals surface area contributed by atoms with Gasteiger partial charge >= 0.3 is 0 Å². The minimum Gasteiger partial charge on any atom is -0.368 e. The van der Waals surface area contributed by atoms with Crippen molar-refractivity contribution >= 4 is 17.7 Å². The third-order valence-corrected chi connectivity index (χ3v) is 4.53. The van der Waals surface area contributed by atoms with E-state index in [4.69, 9.17) is 5.73 Å². The maximum atomic E-state index is 13.1. The number of carbonyl (C=O) groups is 3. The molecule has 0 unspecified atom stereocenters. The lowest BCUT2D eigenvalue weighted by Crippen LogP contribution is -2.56. The standard InChI is InChI=1S/C20H40N4O3/c1-12(2)9-15(22-7)19(26)23-16(10-13(3)4)20(27)24(8)17(18(21)25)11-14(5)6/h12-17,22H,9-11H2,1-8H3,(H2,21,25)(H,23,26)/t15-,16-,17-/m0/s1. The molecule has 0 spiro atoms. The number of nitrogens with two attached hydrogens (primary N) is 1. The first-order valence-corrected chi connectivity index (χ1v) is 9.94. The van der Waals surface area contributed by atoms with E-state index in [0.717, 1.165) is 0 Å². The van der Waals surface area contributed by atoms with Crippen molar-refractivity contribution in [1.29, 1.82) is 0 Å². The second-order valence-corrected chi connectivity index (χ2v) is 8.66. The van der Waals surface area contributed by atoms with Gasteiger partial charge in [-0.3, -0.25) is 14.4 Å². The van der Waals surface area contributed by atoms with Gasteiger partial charge in [-0.15, -0.1) is 0 Å². The molecule has 0 aliphatic rings. The molecule has 0 saturated heterocycles. The highest BCUT2D eigenvalue weighted by Crippen LogP contribution is 2.15. The van der Waals surface area contributed by atoms with E-state index in [1.165, 1.54) is 4.90 Å². The Morgan fingerprint density at radius 1 is 0.852 bits per heavy atom. The molecular weight excluding hydrogens is 344 g/mol. The lowest BCUT2D eigenvalue weighted by Gasteiger charge is -2.32. The van der Waals surface area contributed by atoms with E-state index in [-0.39, 0.29) is 29.7 Å². The van der Waals surface area contributed by atoms with Crippen LogP contribution < -0.4 is 16.4 Å². The van der Waals surface area contributed by atoms with Crippen LogP contribution in [0.4, 0.5) is 0 Å². The van der Waals surface area contributed by atoms with Crippen molar-refractivity contribution in [2.75, 3.05) is 14.1 Å². The van der Waals surface area contributed by atoms with E-state index in [1.54, 1.807) is 14.1 Å². The molecular formula is C20H40N4O3. The number of likely N-dealkylation sites (N-methyl/N-ethyl adjacent to an activating group) is 2. The zero-order chi connectivity index (χ0) is 21.3. The maximum absolute atomic E-state index is 13.1. The minimum absolute atomic E-state index is 0.196. The number of amides is 3. The van der Waals surface area contributed by atoms with E-state index in [1.807, 2.05) is 41.5 Å². The van der Waals surface area contributed by atoms with Crippen LogP contribution >= 0.6 is 0 Å². The molecule has 3 atom stereocenters. The first-order chi connectivity index (χ1) is 12.4.